The van der Waals surface area contributed by atoms with Gasteiger partial charge in [-0.05, 0) is 12.1 Å². The molecule has 0 amide bonds. The summed E-state index contributed by atoms with van der Waals surface area (Å²) in [6, 6.07) is 3.01. The van der Waals surface area contributed by atoms with Crippen LogP contribution in [0.5, 0.6) is 0 Å². The van der Waals surface area contributed by atoms with E-state index in [4.69, 9.17) is 4.74 Å². The summed E-state index contributed by atoms with van der Waals surface area (Å²) in [5, 5.41) is 0. The second-order valence-corrected chi connectivity index (χ2v) is 2.61. The first-order valence-electron chi connectivity index (χ1n) is 3.97. The number of rotatable bonds is 3. The maximum atomic E-state index is 11.5. The number of aromatic nitrogens is 1. The van der Waals surface area contributed by atoms with Crippen molar-refractivity contribution in [3.63, 3.8) is 0 Å². The second-order valence-electron chi connectivity index (χ2n) is 2.61. The minimum atomic E-state index is -0.638. The van der Waals surface area contributed by atoms with Crippen LogP contribution in [0.3, 0.4) is 0 Å². The number of ether oxygens (including phenoxy) is 2. The minimum Gasteiger partial charge on any atom is -0.465 e. The maximum Gasteiger partial charge on any atom is 0.343 e. The van der Waals surface area contributed by atoms with Crippen molar-refractivity contribution >= 4 is 5.97 Å². The highest BCUT2D eigenvalue weighted by atomic mass is 16.5. The number of nitrogens with zero attached hydrogens (tertiary/aromatic N) is 1. The normalized spacial score (nSPS) is 9.86. The quantitative estimate of drug-likeness (QED) is 0.651. The number of pyridine rings is 1. The Morgan fingerprint density at radius 1 is 1.50 bits per heavy atom. The molecule has 5 nitrogen and oxygen atoms in total. The van der Waals surface area contributed by atoms with Gasteiger partial charge in [-0.25, -0.2) is 4.79 Å². The number of hydrogen-bond acceptors (Lipinski definition) is 4. The van der Waals surface area contributed by atoms with E-state index in [-0.39, 0.29) is 12.3 Å². The van der Waals surface area contributed by atoms with Gasteiger partial charge in [-0.3, -0.25) is 9.36 Å². The van der Waals surface area contributed by atoms with Gasteiger partial charge in [-0.2, -0.15) is 0 Å². The lowest BCUT2D eigenvalue weighted by Crippen LogP contribution is -2.26. The molecule has 0 aliphatic carbocycles. The number of methoxy groups -OCH3 is 2. The standard InChI is InChI=1S/C9H11NO4/c1-13-6-10-5-3-4-7(8(10)11)9(12)14-2/h3-5H,6H2,1-2H3. The van der Waals surface area contributed by atoms with E-state index in [0.717, 1.165) is 0 Å². The van der Waals surface area contributed by atoms with Crippen LogP contribution in [0.15, 0.2) is 23.1 Å². The molecular formula is C9H11NO4. The zero-order valence-electron chi connectivity index (χ0n) is 8.02. The third kappa shape index (κ3) is 2.00. The molecule has 0 aliphatic rings. The summed E-state index contributed by atoms with van der Waals surface area (Å²) >= 11 is 0. The van der Waals surface area contributed by atoms with Gasteiger partial charge in [0.25, 0.3) is 5.56 Å². The first-order chi connectivity index (χ1) is 6.70. The highest BCUT2D eigenvalue weighted by Gasteiger charge is 2.11. The molecule has 0 atom stereocenters. The van der Waals surface area contributed by atoms with E-state index in [1.807, 2.05) is 0 Å². The van der Waals surface area contributed by atoms with E-state index in [2.05, 4.69) is 4.74 Å². The van der Waals surface area contributed by atoms with Crippen molar-refractivity contribution in [1.82, 2.24) is 4.57 Å². The molecule has 0 fully saturated rings. The zero-order chi connectivity index (χ0) is 10.6. The Morgan fingerprint density at radius 3 is 2.79 bits per heavy atom. The summed E-state index contributed by atoms with van der Waals surface area (Å²) in [5.74, 6) is -0.638. The maximum absolute atomic E-state index is 11.5. The summed E-state index contributed by atoms with van der Waals surface area (Å²) in [6.07, 6.45) is 1.54. The third-order valence-corrected chi connectivity index (χ3v) is 1.69. The molecule has 1 aromatic heterocycles. The highest BCUT2D eigenvalue weighted by molar-refractivity contribution is 5.88. The lowest BCUT2D eigenvalue weighted by molar-refractivity contribution is 0.0595. The van der Waals surface area contributed by atoms with Crippen LogP contribution in [-0.2, 0) is 16.2 Å². The summed E-state index contributed by atoms with van der Waals surface area (Å²) in [5.41, 5.74) is -0.409. The fourth-order valence-electron chi connectivity index (χ4n) is 1.04. The monoisotopic (exact) mass is 197 g/mol. The molecule has 0 aliphatic heterocycles. The third-order valence-electron chi connectivity index (χ3n) is 1.69. The Hall–Kier alpha value is -1.62. The predicted octanol–water partition coefficient (Wildman–Crippen LogP) is 0.239. The molecule has 76 valence electrons. The van der Waals surface area contributed by atoms with Gasteiger partial charge in [0.05, 0.1) is 7.11 Å². The Morgan fingerprint density at radius 2 is 2.21 bits per heavy atom. The van der Waals surface area contributed by atoms with Crippen molar-refractivity contribution in [3.8, 4) is 0 Å². The summed E-state index contributed by atoms with van der Waals surface area (Å²) in [6.45, 7) is 0.115. The van der Waals surface area contributed by atoms with Crippen LogP contribution < -0.4 is 5.56 Å². The van der Waals surface area contributed by atoms with Crippen LogP contribution >= 0.6 is 0 Å². The van der Waals surface area contributed by atoms with Crippen molar-refractivity contribution in [2.24, 2.45) is 0 Å². The molecule has 1 heterocycles. The topological polar surface area (TPSA) is 57.5 Å². The molecule has 0 radical (unpaired) electrons. The Bertz CT molecular complexity index is 383. The summed E-state index contributed by atoms with van der Waals surface area (Å²) in [4.78, 5) is 22.7. The van der Waals surface area contributed by atoms with Crippen molar-refractivity contribution < 1.29 is 14.3 Å². The molecule has 5 heteroatoms. The van der Waals surface area contributed by atoms with Crippen molar-refractivity contribution in [2.45, 2.75) is 6.73 Å². The fraction of sp³-hybridized carbons (Fsp3) is 0.333. The average molecular weight is 197 g/mol. The molecule has 1 rings (SSSR count). The molecule has 1 aromatic rings. The van der Waals surface area contributed by atoms with Crippen molar-refractivity contribution in [2.75, 3.05) is 14.2 Å². The summed E-state index contributed by atoms with van der Waals surface area (Å²) < 4.78 is 10.5. The minimum absolute atomic E-state index is 0.00653. The van der Waals surface area contributed by atoms with Gasteiger partial charge in [-0.15, -0.1) is 0 Å². The van der Waals surface area contributed by atoms with Crippen molar-refractivity contribution in [1.29, 1.82) is 0 Å². The molecule has 14 heavy (non-hydrogen) atoms. The SMILES string of the molecule is COCn1cccc(C(=O)OC)c1=O. The Kier molecular flexibility index (Phi) is 3.41. The van der Waals surface area contributed by atoms with Gasteiger partial charge in [0.1, 0.15) is 12.3 Å². The smallest absolute Gasteiger partial charge is 0.343 e. The van der Waals surface area contributed by atoms with Crippen LogP contribution in [0.25, 0.3) is 0 Å². The van der Waals surface area contributed by atoms with E-state index in [1.54, 1.807) is 6.07 Å². The molecule has 0 spiro atoms. The molecule has 0 saturated carbocycles. The van der Waals surface area contributed by atoms with E-state index in [0.29, 0.717) is 0 Å². The van der Waals surface area contributed by atoms with Gasteiger partial charge in [0.15, 0.2) is 0 Å². The van der Waals surface area contributed by atoms with Crippen LogP contribution in [-0.4, -0.2) is 24.8 Å². The Balaban J connectivity index is 3.14. The number of carbonyl (C=O) groups is 1. The first-order valence-corrected chi connectivity index (χ1v) is 3.97. The Labute approximate surface area is 80.9 Å². The van der Waals surface area contributed by atoms with Crippen LogP contribution in [0.2, 0.25) is 0 Å². The average Bonchev–Trinajstić information content (AvgIpc) is 2.20. The van der Waals surface area contributed by atoms with Crippen LogP contribution in [0.1, 0.15) is 10.4 Å². The molecular weight excluding hydrogens is 186 g/mol. The number of esters is 1. The largest absolute Gasteiger partial charge is 0.465 e. The van der Waals surface area contributed by atoms with Gasteiger partial charge in [-0.1, -0.05) is 0 Å². The first kappa shape index (κ1) is 10.5. The molecule has 0 bridgehead atoms. The fourth-order valence-corrected chi connectivity index (χ4v) is 1.04. The predicted molar refractivity (Wildman–Crippen MR) is 49.1 cm³/mol. The summed E-state index contributed by atoms with van der Waals surface area (Å²) in [7, 11) is 2.70. The van der Waals surface area contributed by atoms with Gasteiger partial charge in [0.2, 0.25) is 0 Å². The lowest BCUT2D eigenvalue weighted by atomic mass is 10.3. The van der Waals surface area contributed by atoms with Crippen LogP contribution in [0, 0.1) is 0 Å². The molecule has 0 aromatic carbocycles. The van der Waals surface area contributed by atoms with E-state index < -0.39 is 11.5 Å². The number of carbonyl (C=O) groups excluding carboxylic acids is 1. The van der Waals surface area contributed by atoms with Gasteiger partial charge < -0.3 is 9.47 Å². The van der Waals surface area contributed by atoms with E-state index >= 15 is 0 Å². The molecule has 0 unspecified atom stereocenters. The van der Waals surface area contributed by atoms with Crippen molar-refractivity contribution in [3.05, 3.63) is 34.2 Å². The van der Waals surface area contributed by atoms with E-state index in [9.17, 15) is 9.59 Å². The van der Waals surface area contributed by atoms with Crippen LogP contribution in [0.4, 0.5) is 0 Å². The number of hydrogen-bond donors (Lipinski definition) is 0. The molecule has 0 saturated heterocycles. The molecule has 0 N–H and O–H groups in total. The lowest BCUT2D eigenvalue weighted by Gasteiger charge is -2.04. The zero-order valence-corrected chi connectivity index (χ0v) is 8.02. The van der Waals surface area contributed by atoms with Gasteiger partial charge in [0, 0.05) is 13.3 Å². The van der Waals surface area contributed by atoms with E-state index in [1.165, 1.54) is 31.0 Å². The second kappa shape index (κ2) is 4.57. The van der Waals surface area contributed by atoms with Gasteiger partial charge >= 0.3 is 5.97 Å². The highest BCUT2D eigenvalue weighted by Crippen LogP contribution is 1.94.